The molecule has 1 aromatic carbocycles. The molecule has 3 aromatic rings. The zero-order valence-electron chi connectivity index (χ0n) is 10.6. The number of aromatic nitrogens is 3. The molecule has 2 aromatic heterocycles. The number of hydrogen-bond donors (Lipinski definition) is 1. The molecule has 1 N–H and O–H groups in total. The molecule has 94 valence electrons. The van der Waals surface area contributed by atoms with Gasteiger partial charge in [0.15, 0.2) is 0 Å². The molecule has 0 aliphatic carbocycles. The normalized spacial score (nSPS) is 12.3. The summed E-state index contributed by atoms with van der Waals surface area (Å²) in [7, 11) is 0. The number of benzene rings is 1. The van der Waals surface area contributed by atoms with E-state index in [0.29, 0.717) is 5.95 Å². The standard InChI is InChI=1S/C15H14N4/c1-11(13-7-4-5-9-16-13)18-15-17-10-12-6-2-3-8-14(12)19-15/h2-11H,1H3,(H,17,18,19). The van der Waals surface area contributed by atoms with Crippen molar-refractivity contribution in [1.82, 2.24) is 15.0 Å². The molecule has 0 saturated heterocycles. The van der Waals surface area contributed by atoms with Crippen LogP contribution < -0.4 is 5.32 Å². The molecule has 1 atom stereocenters. The lowest BCUT2D eigenvalue weighted by Crippen LogP contribution is -2.10. The summed E-state index contributed by atoms with van der Waals surface area (Å²) >= 11 is 0. The number of pyridine rings is 1. The number of nitrogens with one attached hydrogen (secondary N) is 1. The fourth-order valence-corrected chi connectivity index (χ4v) is 1.94. The average molecular weight is 250 g/mol. The van der Waals surface area contributed by atoms with Gasteiger partial charge < -0.3 is 5.32 Å². The lowest BCUT2D eigenvalue weighted by atomic mass is 10.2. The van der Waals surface area contributed by atoms with Gasteiger partial charge in [-0.05, 0) is 25.1 Å². The Morgan fingerprint density at radius 1 is 1.00 bits per heavy atom. The van der Waals surface area contributed by atoms with Crippen LogP contribution in [0.5, 0.6) is 0 Å². The Bertz CT molecular complexity index is 682. The molecule has 0 aliphatic rings. The first-order chi connectivity index (χ1) is 9.33. The first-order valence-electron chi connectivity index (χ1n) is 6.22. The van der Waals surface area contributed by atoms with Crippen molar-refractivity contribution in [2.24, 2.45) is 0 Å². The van der Waals surface area contributed by atoms with Gasteiger partial charge in [-0.25, -0.2) is 9.97 Å². The van der Waals surface area contributed by atoms with E-state index in [1.54, 1.807) is 6.20 Å². The van der Waals surface area contributed by atoms with E-state index in [-0.39, 0.29) is 6.04 Å². The third-order valence-corrected chi connectivity index (χ3v) is 2.97. The van der Waals surface area contributed by atoms with Gasteiger partial charge in [-0.15, -0.1) is 0 Å². The molecule has 0 spiro atoms. The summed E-state index contributed by atoms with van der Waals surface area (Å²) in [4.78, 5) is 13.1. The van der Waals surface area contributed by atoms with Crippen molar-refractivity contribution in [1.29, 1.82) is 0 Å². The molecule has 3 rings (SSSR count). The number of para-hydroxylation sites is 1. The Morgan fingerprint density at radius 2 is 1.84 bits per heavy atom. The molecular weight excluding hydrogens is 236 g/mol. The van der Waals surface area contributed by atoms with Gasteiger partial charge in [0.2, 0.25) is 5.95 Å². The Morgan fingerprint density at radius 3 is 2.68 bits per heavy atom. The molecule has 0 aliphatic heterocycles. The largest absolute Gasteiger partial charge is 0.346 e. The summed E-state index contributed by atoms with van der Waals surface area (Å²) in [6, 6.07) is 13.9. The Kier molecular flexibility index (Phi) is 3.06. The van der Waals surface area contributed by atoms with E-state index in [0.717, 1.165) is 16.6 Å². The number of rotatable bonds is 3. The van der Waals surface area contributed by atoms with Crippen LogP contribution >= 0.6 is 0 Å². The molecule has 0 amide bonds. The van der Waals surface area contributed by atoms with Crippen molar-refractivity contribution in [2.45, 2.75) is 13.0 Å². The molecule has 1 unspecified atom stereocenters. The van der Waals surface area contributed by atoms with Crippen LogP contribution in [-0.4, -0.2) is 15.0 Å². The van der Waals surface area contributed by atoms with Gasteiger partial charge in [-0.2, -0.15) is 0 Å². The van der Waals surface area contributed by atoms with Gasteiger partial charge in [0, 0.05) is 17.8 Å². The maximum absolute atomic E-state index is 4.49. The van der Waals surface area contributed by atoms with E-state index >= 15 is 0 Å². The monoisotopic (exact) mass is 250 g/mol. The third-order valence-electron chi connectivity index (χ3n) is 2.97. The summed E-state index contributed by atoms with van der Waals surface area (Å²) in [5, 5.41) is 4.31. The number of hydrogen-bond acceptors (Lipinski definition) is 4. The second kappa shape index (κ2) is 5.02. The molecule has 4 heteroatoms. The van der Waals surface area contributed by atoms with Crippen molar-refractivity contribution in [3.63, 3.8) is 0 Å². The fraction of sp³-hybridized carbons (Fsp3) is 0.133. The van der Waals surface area contributed by atoms with Crippen molar-refractivity contribution in [3.8, 4) is 0 Å². The highest BCUT2D eigenvalue weighted by Crippen LogP contribution is 2.16. The third kappa shape index (κ3) is 2.52. The van der Waals surface area contributed by atoms with Gasteiger partial charge >= 0.3 is 0 Å². The van der Waals surface area contributed by atoms with E-state index in [1.165, 1.54) is 0 Å². The highest BCUT2D eigenvalue weighted by Gasteiger charge is 2.07. The first-order valence-corrected chi connectivity index (χ1v) is 6.22. The predicted octanol–water partition coefficient (Wildman–Crippen LogP) is 3.20. The van der Waals surface area contributed by atoms with Crippen molar-refractivity contribution >= 4 is 16.9 Å². The highest BCUT2D eigenvalue weighted by molar-refractivity contribution is 5.78. The van der Waals surface area contributed by atoms with Gasteiger partial charge in [-0.1, -0.05) is 24.3 Å². The van der Waals surface area contributed by atoms with Crippen LogP contribution in [-0.2, 0) is 0 Å². The lowest BCUT2D eigenvalue weighted by molar-refractivity contribution is 0.824. The van der Waals surface area contributed by atoms with E-state index in [9.17, 15) is 0 Å². The highest BCUT2D eigenvalue weighted by atomic mass is 15.1. The van der Waals surface area contributed by atoms with Gasteiger partial charge in [-0.3, -0.25) is 4.98 Å². The molecule has 2 heterocycles. The van der Waals surface area contributed by atoms with Crippen LogP contribution in [0.3, 0.4) is 0 Å². The Labute approximate surface area is 111 Å². The van der Waals surface area contributed by atoms with Gasteiger partial charge in [0.25, 0.3) is 0 Å². The topological polar surface area (TPSA) is 50.7 Å². The molecular formula is C15H14N4. The zero-order valence-corrected chi connectivity index (χ0v) is 10.6. The molecule has 0 saturated carbocycles. The lowest BCUT2D eigenvalue weighted by Gasteiger charge is -2.13. The van der Waals surface area contributed by atoms with Gasteiger partial charge in [0.05, 0.1) is 17.3 Å². The molecule has 0 radical (unpaired) electrons. The zero-order chi connectivity index (χ0) is 13.1. The maximum atomic E-state index is 4.49. The summed E-state index contributed by atoms with van der Waals surface area (Å²) in [6.45, 7) is 2.04. The average Bonchev–Trinajstić information content (AvgIpc) is 2.48. The summed E-state index contributed by atoms with van der Waals surface area (Å²) < 4.78 is 0. The SMILES string of the molecule is CC(Nc1ncc2ccccc2n1)c1ccccn1. The second-order valence-corrected chi connectivity index (χ2v) is 4.37. The summed E-state index contributed by atoms with van der Waals surface area (Å²) in [6.07, 6.45) is 3.62. The number of anilines is 1. The molecule has 0 fully saturated rings. The van der Waals surface area contributed by atoms with Crippen molar-refractivity contribution in [2.75, 3.05) is 5.32 Å². The quantitative estimate of drug-likeness (QED) is 0.775. The van der Waals surface area contributed by atoms with E-state index in [1.807, 2.05) is 55.6 Å². The smallest absolute Gasteiger partial charge is 0.223 e. The van der Waals surface area contributed by atoms with E-state index in [2.05, 4.69) is 20.3 Å². The number of fused-ring (bicyclic) bond motifs is 1. The van der Waals surface area contributed by atoms with Crippen LogP contribution in [0.4, 0.5) is 5.95 Å². The fourth-order valence-electron chi connectivity index (χ4n) is 1.94. The van der Waals surface area contributed by atoms with Crippen LogP contribution in [0.2, 0.25) is 0 Å². The Balaban J connectivity index is 1.85. The molecule has 19 heavy (non-hydrogen) atoms. The minimum Gasteiger partial charge on any atom is -0.346 e. The van der Waals surface area contributed by atoms with Gasteiger partial charge in [0.1, 0.15) is 0 Å². The summed E-state index contributed by atoms with van der Waals surface area (Å²) in [5.74, 6) is 0.622. The van der Waals surface area contributed by atoms with Crippen molar-refractivity contribution < 1.29 is 0 Å². The Hall–Kier alpha value is -2.49. The van der Waals surface area contributed by atoms with Crippen molar-refractivity contribution in [3.05, 3.63) is 60.6 Å². The number of nitrogens with zero attached hydrogens (tertiary/aromatic N) is 3. The minimum absolute atomic E-state index is 0.0716. The predicted molar refractivity (Wildman–Crippen MR) is 75.8 cm³/mol. The minimum atomic E-state index is 0.0716. The molecule has 4 nitrogen and oxygen atoms in total. The van der Waals surface area contributed by atoms with Crippen LogP contribution in [0.1, 0.15) is 18.7 Å². The van der Waals surface area contributed by atoms with Crippen LogP contribution in [0.25, 0.3) is 10.9 Å². The van der Waals surface area contributed by atoms with Crippen LogP contribution in [0, 0.1) is 0 Å². The second-order valence-electron chi connectivity index (χ2n) is 4.37. The summed E-state index contributed by atoms with van der Waals surface area (Å²) in [5.41, 5.74) is 1.91. The van der Waals surface area contributed by atoms with E-state index < -0.39 is 0 Å². The molecule has 0 bridgehead atoms. The van der Waals surface area contributed by atoms with E-state index in [4.69, 9.17) is 0 Å². The van der Waals surface area contributed by atoms with Crippen LogP contribution in [0.15, 0.2) is 54.9 Å². The first kappa shape index (κ1) is 11.6. The maximum Gasteiger partial charge on any atom is 0.223 e.